The van der Waals surface area contributed by atoms with E-state index >= 15 is 0 Å². The van der Waals surface area contributed by atoms with E-state index in [2.05, 4.69) is 17.2 Å². The highest BCUT2D eigenvalue weighted by Gasteiger charge is 2.20. The van der Waals surface area contributed by atoms with Gasteiger partial charge in [0.15, 0.2) is 5.13 Å². The summed E-state index contributed by atoms with van der Waals surface area (Å²) in [5, 5.41) is 15.9. The van der Waals surface area contributed by atoms with Crippen LogP contribution in [0.15, 0.2) is 53.9 Å². The molecule has 0 spiro atoms. The molecule has 1 amide bonds. The first kappa shape index (κ1) is 19.5. The van der Waals surface area contributed by atoms with E-state index < -0.39 is 10.8 Å². The molecular formula is C20H19N3O4S. The van der Waals surface area contributed by atoms with Crippen molar-refractivity contribution in [3.05, 3.63) is 69.6 Å². The Morgan fingerprint density at radius 2 is 1.96 bits per heavy atom. The van der Waals surface area contributed by atoms with Crippen LogP contribution in [0.25, 0.3) is 11.3 Å². The van der Waals surface area contributed by atoms with Crippen molar-refractivity contribution in [2.24, 2.45) is 0 Å². The minimum Gasteiger partial charge on any atom is -0.494 e. The van der Waals surface area contributed by atoms with Gasteiger partial charge in [0.25, 0.3) is 11.6 Å². The van der Waals surface area contributed by atoms with Crippen LogP contribution in [0.3, 0.4) is 0 Å². The Labute approximate surface area is 166 Å². The van der Waals surface area contributed by atoms with Gasteiger partial charge in [0.05, 0.1) is 17.2 Å². The van der Waals surface area contributed by atoms with E-state index in [1.165, 1.54) is 29.5 Å². The topological polar surface area (TPSA) is 94.4 Å². The Hall–Kier alpha value is -3.26. The first-order valence-corrected chi connectivity index (χ1v) is 9.70. The minimum absolute atomic E-state index is 0.00201. The van der Waals surface area contributed by atoms with Crippen LogP contribution in [0.5, 0.6) is 5.75 Å². The van der Waals surface area contributed by atoms with Crippen molar-refractivity contribution in [1.29, 1.82) is 0 Å². The second-order valence-electron chi connectivity index (χ2n) is 5.99. The molecule has 1 heterocycles. The summed E-state index contributed by atoms with van der Waals surface area (Å²) in [5.74, 6) is 0.241. The van der Waals surface area contributed by atoms with Crippen molar-refractivity contribution in [1.82, 2.24) is 4.98 Å². The lowest BCUT2D eigenvalue weighted by Gasteiger charge is -2.05. The van der Waals surface area contributed by atoms with Gasteiger partial charge >= 0.3 is 0 Å². The number of rotatable bonds is 8. The predicted molar refractivity (Wildman–Crippen MR) is 109 cm³/mol. The fourth-order valence-electron chi connectivity index (χ4n) is 2.51. The molecule has 0 aliphatic heterocycles. The van der Waals surface area contributed by atoms with Crippen LogP contribution in [0.2, 0.25) is 0 Å². The molecule has 3 aromatic rings. The Morgan fingerprint density at radius 1 is 1.21 bits per heavy atom. The lowest BCUT2D eigenvalue weighted by molar-refractivity contribution is -0.385. The molecule has 1 N–H and O–H groups in total. The molecule has 7 nitrogen and oxygen atoms in total. The molecule has 2 aromatic carbocycles. The molecule has 0 saturated carbocycles. The number of aromatic nitrogens is 1. The largest absolute Gasteiger partial charge is 0.494 e. The maximum atomic E-state index is 12.4. The lowest BCUT2D eigenvalue weighted by Crippen LogP contribution is -2.13. The summed E-state index contributed by atoms with van der Waals surface area (Å²) in [4.78, 5) is 27.3. The van der Waals surface area contributed by atoms with E-state index in [1.54, 1.807) is 6.07 Å². The van der Waals surface area contributed by atoms with Crippen LogP contribution >= 0.6 is 11.3 Å². The standard InChI is InChI=1S/C20H19N3O4S/c1-2-3-12-27-15-10-8-14(9-11-15)17-13-28-20(21-17)22-19(24)16-6-4-5-7-18(16)23(25)26/h4-11,13H,2-3,12H2,1H3,(H,21,22,24). The minimum atomic E-state index is -0.577. The second kappa shape index (κ2) is 9.09. The van der Waals surface area contributed by atoms with Gasteiger partial charge in [0.1, 0.15) is 11.3 Å². The van der Waals surface area contributed by atoms with Crippen LogP contribution in [-0.4, -0.2) is 22.4 Å². The third kappa shape index (κ3) is 4.72. The van der Waals surface area contributed by atoms with E-state index in [4.69, 9.17) is 4.74 Å². The second-order valence-corrected chi connectivity index (χ2v) is 6.85. The van der Waals surface area contributed by atoms with Gasteiger partial charge in [-0.25, -0.2) is 4.98 Å². The normalized spacial score (nSPS) is 10.5. The average molecular weight is 397 g/mol. The summed E-state index contributed by atoms with van der Waals surface area (Å²) in [6, 6.07) is 13.4. The number of nitrogens with zero attached hydrogens (tertiary/aromatic N) is 2. The molecule has 3 rings (SSSR count). The number of para-hydroxylation sites is 1. The highest BCUT2D eigenvalue weighted by Crippen LogP contribution is 2.27. The molecule has 0 saturated heterocycles. The molecule has 0 fully saturated rings. The van der Waals surface area contributed by atoms with Crippen molar-refractivity contribution in [2.45, 2.75) is 19.8 Å². The predicted octanol–water partition coefficient (Wildman–Crippen LogP) is 5.15. The van der Waals surface area contributed by atoms with Crippen LogP contribution < -0.4 is 10.1 Å². The SMILES string of the molecule is CCCCOc1ccc(-c2csc(NC(=O)c3ccccc3[N+](=O)[O-])n2)cc1. The smallest absolute Gasteiger partial charge is 0.282 e. The third-order valence-electron chi connectivity index (χ3n) is 3.99. The number of nitro benzene ring substituents is 1. The Kier molecular flexibility index (Phi) is 6.33. The van der Waals surface area contributed by atoms with Gasteiger partial charge in [0, 0.05) is 17.0 Å². The van der Waals surface area contributed by atoms with Crippen molar-refractivity contribution in [3.8, 4) is 17.0 Å². The molecule has 0 unspecified atom stereocenters. The molecule has 28 heavy (non-hydrogen) atoms. The lowest BCUT2D eigenvalue weighted by atomic mass is 10.1. The van der Waals surface area contributed by atoms with E-state index in [0.29, 0.717) is 17.4 Å². The molecular weight excluding hydrogens is 378 g/mol. The Bertz CT molecular complexity index is 970. The zero-order chi connectivity index (χ0) is 19.9. The molecule has 0 atom stereocenters. The van der Waals surface area contributed by atoms with Crippen molar-refractivity contribution in [2.75, 3.05) is 11.9 Å². The van der Waals surface area contributed by atoms with Crippen LogP contribution in [0, 0.1) is 10.1 Å². The molecule has 0 aliphatic rings. The fourth-order valence-corrected chi connectivity index (χ4v) is 3.22. The van der Waals surface area contributed by atoms with Crippen molar-refractivity contribution in [3.63, 3.8) is 0 Å². The van der Waals surface area contributed by atoms with Gasteiger partial charge in [-0.05, 0) is 36.8 Å². The third-order valence-corrected chi connectivity index (χ3v) is 4.74. The summed E-state index contributed by atoms with van der Waals surface area (Å²) in [6.07, 6.45) is 2.09. The monoisotopic (exact) mass is 397 g/mol. The molecule has 144 valence electrons. The summed E-state index contributed by atoms with van der Waals surface area (Å²) in [5.41, 5.74) is 1.36. The number of carbonyl (C=O) groups is 1. The number of hydrogen-bond acceptors (Lipinski definition) is 6. The first-order valence-electron chi connectivity index (χ1n) is 8.82. The van der Waals surface area contributed by atoms with E-state index in [9.17, 15) is 14.9 Å². The number of ether oxygens (including phenoxy) is 1. The van der Waals surface area contributed by atoms with Gasteiger partial charge in [0.2, 0.25) is 0 Å². The quantitative estimate of drug-likeness (QED) is 0.322. The van der Waals surface area contributed by atoms with Gasteiger partial charge in [-0.3, -0.25) is 20.2 Å². The number of thiazole rings is 1. The number of amides is 1. The van der Waals surface area contributed by atoms with E-state index in [0.717, 1.165) is 24.2 Å². The highest BCUT2D eigenvalue weighted by atomic mass is 32.1. The van der Waals surface area contributed by atoms with E-state index in [1.807, 2.05) is 29.6 Å². The number of carbonyl (C=O) groups excluding carboxylic acids is 1. The van der Waals surface area contributed by atoms with Crippen molar-refractivity contribution < 1.29 is 14.5 Å². The number of nitro groups is 1. The van der Waals surface area contributed by atoms with Crippen molar-refractivity contribution >= 4 is 28.1 Å². The summed E-state index contributed by atoms with van der Waals surface area (Å²) in [7, 11) is 0. The molecule has 1 aromatic heterocycles. The number of anilines is 1. The summed E-state index contributed by atoms with van der Waals surface area (Å²) >= 11 is 1.26. The van der Waals surface area contributed by atoms with Crippen LogP contribution in [-0.2, 0) is 0 Å². The number of hydrogen-bond donors (Lipinski definition) is 1. The Balaban J connectivity index is 1.69. The summed E-state index contributed by atoms with van der Waals surface area (Å²) in [6.45, 7) is 2.80. The molecule has 0 aliphatic carbocycles. The van der Waals surface area contributed by atoms with Crippen LogP contribution in [0.4, 0.5) is 10.8 Å². The fraction of sp³-hybridized carbons (Fsp3) is 0.200. The maximum absolute atomic E-state index is 12.4. The van der Waals surface area contributed by atoms with Gasteiger partial charge in [-0.15, -0.1) is 11.3 Å². The van der Waals surface area contributed by atoms with Crippen LogP contribution in [0.1, 0.15) is 30.1 Å². The summed E-state index contributed by atoms with van der Waals surface area (Å²) < 4.78 is 5.64. The Morgan fingerprint density at radius 3 is 2.68 bits per heavy atom. The van der Waals surface area contributed by atoms with E-state index in [-0.39, 0.29) is 11.3 Å². The van der Waals surface area contributed by atoms with Gasteiger partial charge in [-0.2, -0.15) is 0 Å². The molecule has 0 bridgehead atoms. The first-order chi connectivity index (χ1) is 13.6. The molecule has 8 heteroatoms. The highest BCUT2D eigenvalue weighted by molar-refractivity contribution is 7.14. The number of unbranched alkanes of at least 4 members (excludes halogenated alkanes) is 1. The zero-order valence-electron chi connectivity index (χ0n) is 15.3. The number of benzene rings is 2. The maximum Gasteiger partial charge on any atom is 0.282 e. The van der Waals surface area contributed by atoms with Gasteiger partial charge in [-0.1, -0.05) is 25.5 Å². The zero-order valence-corrected chi connectivity index (χ0v) is 16.1. The number of nitrogens with one attached hydrogen (secondary N) is 1. The average Bonchev–Trinajstić information content (AvgIpc) is 3.17. The molecule has 0 radical (unpaired) electrons. The van der Waals surface area contributed by atoms with Gasteiger partial charge < -0.3 is 4.74 Å².